The van der Waals surface area contributed by atoms with Crippen molar-refractivity contribution in [3.05, 3.63) is 31.4 Å². The summed E-state index contributed by atoms with van der Waals surface area (Å²) in [5, 5.41) is 20.3. The third-order valence-corrected chi connectivity index (χ3v) is 2.79. The number of benzene rings is 1. The van der Waals surface area contributed by atoms with Gasteiger partial charge in [0, 0.05) is 17.7 Å². The molecule has 0 aliphatic heterocycles. The van der Waals surface area contributed by atoms with Gasteiger partial charge in [-0.1, -0.05) is 13.8 Å². The summed E-state index contributed by atoms with van der Waals surface area (Å²) in [6.45, 7) is 4.01. The first kappa shape index (κ1) is 12.2. The van der Waals surface area contributed by atoms with Crippen LogP contribution in [-0.2, 0) is 6.42 Å². The maximum absolute atomic E-state index is 10.6. The van der Waals surface area contributed by atoms with E-state index in [0.717, 1.165) is 0 Å². The summed E-state index contributed by atoms with van der Waals surface area (Å²) < 4.78 is 0.525. The highest BCUT2D eigenvalue weighted by atomic mass is 127. The van der Waals surface area contributed by atoms with Crippen molar-refractivity contribution in [2.24, 2.45) is 5.92 Å². The van der Waals surface area contributed by atoms with Crippen LogP contribution >= 0.6 is 22.6 Å². The quantitative estimate of drug-likeness (QED) is 0.528. The van der Waals surface area contributed by atoms with Crippen molar-refractivity contribution in [2.75, 3.05) is 0 Å². The highest BCUT2D eigenvalue weighted by molar-refractivity contribution is 14.1. The van der Waals surface area contributed by atoms with Crippen molar-refractivity contribution in [1.29, 1.82) is 0 Å². The normalized spacial score (nSPS) is 10.7. The van der Waals surface area contributed by atoms with E-state index in [0.29, 0.717) is 21.5 Å². The van der Waals surface area contributed by atoms with Gasteiger partial charge >= 0.3 is 0 Å². The minimum Gasteiger partial charge on any atom is -0.507 e. The van der Waals surface area contributed by atoms with Crippen molar-refractivity contribution in [3.63, 3.8) is 0 Å². The minimum atomic E-state index is -0.439. The maximum Gasteiger partial charge on any atom is 0.271 e. The average molecular weight is 321 g/mol. The number of non-ortho nitro benzene ring substituents is 1. The van der Waals surface area contributed by atoms with Crippen LogP contribution in [0.3, 0.4) is 0 Å². The van der Waals surface area contributed by atoms with Gasteiger partial charge in [-0.15, -0.1) is 0 Å². The molecule has 5 heteroatoms. The Hall–Kier alpha value is -0.850. The number of hydrogen-bond acceptors (Lipinski definition) is 3. The minimum absolute atomic E-state index is 0.0350. The lowest BCUT2D eigenvalue weighted by molar-refractivity contribution is -0.385. The van der Waals surface area contributed by atoms with E-state index in [1.807, 2.05) is 36.4 Å². The number of phenolic OH excluding ortho intramolecular Hbond substituents is 1. The van der Waals surface area contributed by atoms with Gasteiger partial charge in [0.15, 0.2) is 0 Å². The SMILES string of the molecule is CC(C)Cc1cc([N+](=O)[O-])cc(I)c1O. The van der Waals surface area contributed by atoms with Gasteiger partial charge in [0.1, 0.15) is 5.75 Å². The first-order valence-electron chi connectivity index (χ1n) is 4.57. The second kappa shape index (κ2) is 4.78. The van der Waals surface area contributed by atoms with E-state index >= 15 is 0 Å². The molecule has 0 atom stereocenters. The zero-order valence-electron chi connectivity index (χ0n) is 8.53. The average Bonchev–Trinajstić information content (AvgIpc) is 2.11. The van der Waals surface area contributed by atoms with Gasteiger partial charge in [-0.25, -0.2) is 0 Å². The lowest BCUT2D eigenvalue weighted by Gasteiger charge is -2.08. The summed E-state index contributed by atoms with van der Waals surface area (Å²) in [6, 6.07) is 2.82. The highest BCUT2D eigenvalue weighted by Crippen LogP contribution is 2.30. The standard InChI is InChI=1S/C10H12INO3/c1-6(2)3-7-4-8(12(14)15)5-9(11)10(7)13/h4-6,13H,3H2,1-2H3. The Morgan fingerprint density at radius 3 is 2.60 bits per heavy atom. The molecule has 0 aliphatic rings. The van der Waals surface area contributed by atoms with E-state index in [-0.39, 0.29) is 11.4 Å². The molecule has 0 fully saturated rings. The summed E-state index contributed by atoms with van der Waals surface area (Å²) in [5.41, 5.74) is 0.677. The number of rotatable bonds is 3. The van der Waals surface area contributed by atoms with Crippen LogP contribution in [0.1, 0.15) is 19.4 Å². The maximum atomic E-state index is 10.6. The molecule has 0 aliphatic carbocycles. The lowest BCUT2D eigenvalue weighted by atomic mass is 10.0. The van der Waals surface area contributed by atoms with Crippen molar-refractivity contribution in [1.82, 2.24) is 0 Å². The summed E-state index contributed by atoms with van der Waals surface area (Å²) in [6.07, 6.45) is 0.642. The number of nitrogens with zero attached hydrogens (tertiary/aromatic N) is 1. The van der Waals surface area contributed by atoms with Crippen LogP contribution in [0.15, 0.2) is 12.1 Å². The zero-order chi connectivity index (χ0) is 11.6. The Morgan fingerprint density at radius 1 is 1.53 bits per heavy atom. The van der Waals surface area contributed by atoms with Crippen LogP contribution in [0.25, 0.3) is 0 Å². The summed E-state index contributed by atoms with van der Waals surface area (Å²) in [5.74, 6) is 0.517. The molecule has 4 nitrogen and oxygen atoms in total. The molecule has 0 unspecified atom stereocenters. The fraction of sp³-hybridized carbons (Fsp3) is 0.400. The molecule has 15 heavy (non-hydrogen) atoms. The Balaban J connectivity index is 3.19. The predicted octanol–water partition coefficient (Wildman–Crippen LogP) is 3.10. The summed E-state index contributed by atoms with van der Waals surface area (Å²) in [4.78, 5) is 10.2. The number of phenols is 1. The van der Waals surface area contributed by atoms with E-state index in [1.165, 1.54) is 12.1 Å². The van der Waals surface area contributed by atoms with Crippen LogP contribution in [-0.4, -0.2) is 10.0 Å². The fourth-order valence-electron chi connectivity index (χ4n) is 1.34. The van der Waals surface area contributed by atoms with E-state index < -0.39 is 4.92 Å². The van der Waals surface area contributed by atoms with Gasteiger partial charge in [-0.05, 0) is 34.9 Å². The zero-order valence-corrected chi connectivity index (χ0v) is 10.7. The molecular formula is C10H12INO3. The Morgan fingerprint density at radius 2 is 2.13 bits per heavy atom. The largest absolute Gasteiger partial charge is 0.507 e. The Labute approximate surface area is 102 Å². The van der Waals surface area contributed by atoms with Crippen LogP contribution < -0.4 is 0 Å². The van der Waals surface area contributed by atoms with E-state index in [1.54, 1.807) is 0 Å². The third-order valence-electron chi connectivity index (χ3n) is 1.97. The molecule has 0 bridgehead atoms. The number of hydrogen-bond donors (Lipinski definition) is 1. The van der Waals surface area contributed by atoms with Gasteiger partial charge in [0.25, 0.3) is 5.69 Å². The molecule has 0 saturated carbocycles. The summed E-state index contributed by atoms with van der Waals surface area (Å²) >= 11 is 1.90. The predicted molar refractivity (Wildman–Crippen MR) is 66.0 cm³/mol. The van der Waals surface area contributed by atoms with Gasteiger partial charge in [-0.3, -0.25) is 10.1 Å². The molecule has 1 aromatic carbocycles. The topological polar surface area (TPSA) is 63.4 Å². The first-order chi connectivity index (χ1) is 6.91. The Kier molecular flexibility index (Phi) is 3.90. The second-order valence-electron chi connectivity index (χ2n) is 3.79. The molecule has 1 rings (SSSR count). The molecule has 1 aromatic rings. The first-order valence-corrected chi connectivity index (χ1v) is 5.65. The van der Waals surface area contributed by atoms with Crippen LogP contribution in [0.5, 0.6) is 5.75 Å². The summed E-state index contributed by atoms with van der Waals surface area (Å²) in [7, 11) is 0. The molecule has 0 heterocycles. The van der Waals surface area contributed by atoms with Gasteiger partial charge in [0.05, 0.1) is 8.49 Å². The van der Waals surface area contributed by atoms with Gasteiger partial charge < -0.3 is 5.11 Å². The van der Waals surface area contributed by atoms with Crippen LogP contribution in [0, 0.1) is 19.6 Å². The van der Waals surface area contributed by atoms with E-state index in [9.17, 15) is 15.2 Å². The Bertz CT molecular complexity index is 390. The van der Waals surface area contributed by atoms with Crippen molar-refractivity contribution in [3.8, 4) is 5.75 Å². The number of nitro benzene ring substituents is 1. The number of nitro groups is 1. The van der Waals surface area contributed by atoms with Gasteiger partial charge in [0.2, 0.25) is 0 Å². The highest BCUT2D eigenvalue weighted by Gasteiger charge is 2.15. The van der Waals surface area contributed by atoms with Crippen LogP contribution in [0.4, 0.5) is 5.69 Å². The molecule has 0 aromatic heterocycles. The molecule has 0 radical (unpaired) electrons. The van der Waals surface area contributed by atoms with Crippen molar-refractivity contribution >= 4 is 28.3 Å². The van der Waals surface area contributed by atoms with E-state index in [4.69, 9.17) is 0 Å². The van der Waals surface area contributed by atoms with E-state index in [2.05, 4.69) is 0 Å². The smallest absolute Gasteiger partial charge is 0.271 e. The molecule has 82 valence electrons. The monoisotopic (exact) mass is 321 g/mol. The second-order valence-corrected chi connectivity index (χ2v) is 4.95. The van der Waals surface area contributed by atoms with Crippen molar-refractivity contribution < 1.29 is 10.0 Å². The van der Waals surface area contributed by atoms with Gasteiger partial charge in [-0.2, -0.15) is 0 Å². The fourth-order valence-corrected chi connectivity index (χ4v) is 2.01. The number of halogens is 1. The lowest BCUT2D eigenvalue weighted by Crippen LogP contribution is -1.98. The molecule has 0 spiro atoms. The van der Waals surface area contributed by atoms with Crippen LogP contribution in [0.2, 0.25) is 0 Å². The number of aromatic hydroxyl groups is 1. The van der Waals surface area contributed by atoms with Crippen molar-refractivity contribution in [2.45, 2.75) is 20.3 Å². The molecule has 1 N–H and O–H groups in total. The molecule has 0 amide bonds. The third kappa shape index (κ3) is 3.05. The molecule has 0 saturated heterocycles. The molecular weight excluding hydrogens is 309 g/mol.